The van der Waals surface area contributed by atoms with E-state index in [2.05, 4.69) is 21.3 Å². The van der Waals surface area contributed by atoms with Crippen molar-refractivity contribution < 1.29 is 9.53 Å². The Kier molecular flexibility index (Phi) is 6.26. The van der Waals surface area contributed by atoms with Gasteiger partial charge in [0.2, 0.25) is 0 Å². The molecule has 2 aromatic carbocycles. The minimum atomic E-state index is -0.209. The summed E-state index contributed by atoms with van der Waals surface area (Å²) in [6, 6.07) is 17.2. The molecule has 0 aliphatic rings. The summed E-state index contributed by atoms with van der Waals surface area (Å²) in [7, 11) is 1.62. The summed E-state index contributed by atoms with van der Waals surface area (Å²) >= 11 is 5.99. The highest BCUT2D eigenvalue weighted by atomic mass is 35.5. The number of hydrogen-bond acceptors (Lipinski definition) is 2. The third kappa shape index (κ3) is 4.67. The Morgan fingerprint density at radius 2 is 1.75 bits per heavy atom. The molecule has 0 saturated carbocycles. The van der Waals surface area contributed by atoms with Crippen molar-refractivity contribution in [1.82, 2.24) is 15.2 Å². The van der Waals surface area contributed by atoms with Crippen molar-refractivity contribution in [2.45, 2.75) is 26.9 Å². The topological polar surface area (TPSA) is 55.3 Å². The Labute approximate surface area is 170 Å². The van der Waals surface area contributed by atoms with E-state index in [0.717, 1.165) is 34.0 Å². The van der Waals surface area contributed by atoms with Crippen LogP contribution in [-0.2, 0) is 13.1 Å². The normalized spacial score (nSPS) is 10.6. The van der Waals surface area contributed by atoms with Crippen molar-refractivity contribution in [3.63, 3.8) is 0 Å². The van der Waals surface area contributed by atoms with Crippen LogP contribution in [0.3, 0.4) is 0 Å². The van der Waals surface area contributed by atoms with Crippen molar-refractivity contribution >= 4 is 17.6 Å². The number of aromatic nitrogens is 1. The molecule has 0 saturated heterocycles. The number of amides is 2. The maximum Gasteiger partial charge on any atom is 0.315 e. The van der Waals surface area contributed by atoms with E-state index < -0.39 is 0 Å². The Bertz CT molecular complexity index is 964. The molecule has 6 heteroatoms. The summed E-state index contributed by atoms with van der Waals surface area (Å²) in [5.41, 5.74) is 5.30. The Morgan fingerprint density at radius 3 is 2.46 bits per heavy atom. The molecule has 0 unspecified atom stereocenters. The molecule has 1 heterocycles. The van der Waals surface area contributed by atoms with Gasteiger partial charge in [0.1, 0.15) is 5.75 Å². The number of nitrogens with one attached hydrogen (secondary N) is 2. The zero-order chi connectivity index (χ0) is 20.1. The molecule has 0 atom stereocenters. The van der Waals surface area contributed by atoms with Crippen LogP contribution >= 0.6 is 11.6 Å². The van der Waals surface area contributed by atoms with Gasteiger partial charge < -0.3 is 19.9 Å². The highest BCUT2D eigenvalue weighted by Crippen LogP contribution is 2.22. The predicted octanol–water partition coefficient (Wildman–Crippen LogP) is 4.76. The maximum absolute atomic E-state index is 12.2. The van der Waals surface area contributed by atoms with Crippen molar-refractivity contribution in [2.24, 2.45) is 0 Å². The number of methoxy groups -OCH3 is 1. The van der Waals surface area contributed by atoms with Gasteiger partial charge in [0.25, 0.3) is 0 Å². The van der Waals surface area contributed by atoms with Crippen LogP contribution in [0.5, 0.6) is 5.75 Å². The lowest BCUT2D eigenvalue weighted by Gasteiger charge is -2.11. The number of carbonyl (C=O) groups excluding carboxylic acids is 1. The van der Waals surface area contributed by atoms with Crippen LogP contribution in [0.2, 0.25) is 5.02 Å². The van der Waals surface area contributed by atoms with E-state index in [1.165, 1.54) is 0 Å². The van der Waals surface area contributed by atoms with E-state index in [0.29, 0.717) is 18.1 Å². The lowest BCUT2D eigenvalue weighted by atomic mass is 10.2. The van der Waals surface area contributed by atoms with Gasteiger partial charge in [0, 0.05) is 35.2 Å². The highest BCUT2D eigenvalue weighted by molar-refractivity contribution is 6.30. The molecular formula is C22H24ClN3O2. The molecule has 146 valence electrons. The standard InChI is InChI=1S/C22H24ClN3O2/c1-15-11-18(16(2)26(15)20-9-7-19(23)8-10-20)14-25-22(27)24-13-17-5-4-6-21(12-17)28-3/h4-12H,13-14H2,1-3H3,(H2,24,25,27). The smallest absolute Gasteiger partial charge is 0.315 e. The summed E-state index contributed by atoms with van der Waals surface area (Å²) in [6.07, 6.45) is 0. The van der Waals surface area contributed by atoms with Crippen LogP contribution in [0.15, 0.2) is 54.6 Å². The molecule has 2 amide bonds. The second-order valence-corrected chi connectivity index (χ2v) is 7.03. The van der Waals surface area contributed by atoms with Gasteiger partial charge in [-0.2, -0.15) is 0 Å². The zero-order valence-electron chi connectivity index (χ0n) is 16.3. The summed E-state index contributed by atoms with van der Waals surface area (Å²) < 4.78 is 7.35. The third-order valence-electron chi connectivity index (χ3n) is 4.65. The van der Waals surface area contributed by atoms with Crippen LogP contribution in [0.1, 0.15) is 22.5 Å². The predicted molar refractivity (Wildman–Crippen MR) is 112 cm³/mol. The van der Waals surface area contributed by atoms with E-state index in [1.807, 2.05) is 62.4 Å². The number of hydrogen-bond donors (Lipinski definition) is 2. The molecule has 28 heavy (non-hydrogen) atoms. The molecule has 3 rings (SSSR count). The number of ether oxygens (including phenoxy) is 1. The molecule has 1 aromatic heterocycles. The first kappa shape index (κ1) is 19.8. The van der Waals surface area contributed by atoms with Gasteiger partial charge in [-0.3, -0.25) is 0 Å². The van der Waals surface area contributed by atoms with Crippen molar-refractivity contribution in [2.75, 3.05) is 7.11 Å². The molecule has 5 nitrogen and oxygen atoms in total. The first-order valence-electron chi connectivity index (χ1n) is 9.06. The number of rotatable bonds is 6. The summed E-state index contributed by atoms with van der Waals surface area (Å²) in [6.45, 7) is 4.99. The van der Waals surface area contributed by atoms with Crippen LogP contribution in [0, 0.1) is 13.8 Å². The van der Waals surface area contributed by atoms with Crippen LogP contribution in [-0.4, -0.2) is 17.7 Å². The number of carbonyl (C=O) groups is 1. The minimum absolute atomic E-state index is 0.209. The largest absolute Gasteiger partial charge is 0.497 e. The van der Waals surface area contributed by atoms with Gasteiger partial charge in [-0.1, -0.05) is 23.7 Å². The van der Waals surface area contributed by atoms with Crippen LogP contribution in [0.25, 0.3) is 5.69 Å². The van der Waals surface area contributed by atoms with Gasteiger partial charge in [0.15, 0.2) is 0 Å². The number of halogens is 1. The van der Waals surface area contributed by atoms with Crippen molar-refractivity contribution in [3.05, 3.63) is 82.1 Å². The molecule has 3 aromatic rings. The Morgan fingerprint density at radius 1 is 1.04 bits per heavy atom. The Balaban J connectivity index is 1.60. The molecular weight excluding hydrogens is 374 g/mol. The fourth-order valence-electron chi connectivity index (χ4n) is 3.20. The maximum atomic E-state index is 12.2. The van der Waals surface area contributed by atoms with Gasteiger partial charge in [-0.25, -0.2) is 4.79 Å². The van der Waals surface area contributed by atoms with E-state index in [1.54, 1.807) is 7.11 Å². The first-order valence-corrected chi connectivity index (χ1v) is 9.44. The average molecular weight is 398 g/mol. The van der Waals surface area contributed by atoms with Crippen molar-refractivity contribution in [1.29, 1.82) is 0 Å². The lowest BCUT2D eigenvalue weighted by Crippen LogP contribution is -2.34. The molecule has 0 aliphatic heterocycles. The lowest BCUT2D eigenvalue weighted by molar-refractivity contribution is 0.240. The van der Waals surface area contributed by atoms with Crippen molar-refractivity contribution in [3.8, 4) is 11.4 Å². The van der Waals surface area contributed by atoms with E-state index in [4.69, 9.17) is 16.3 Å². The first-order chi connectivity index (χ1) is 13.5. The summed E-state index contributed by atoms with van der Waals surface area (Å²) in [5, 5.41) is 6.51. The molecule has 0 fully saturated rings. The number of nitrogens with zero attached hydrogens (tertiary/aromatic N) is 1. The second kappa shape index (κ2) is 8.85. The Hall–Kier alpha value is -2.92. The summed E-state index contributed by atoms with van der Waals surface area (Å²) in [5.74, 6) is 0.773. The summed E-state index contributed by atoms with van der Waals surface area (Å²) in [4.78, 5) is 12.2. The zero-order valence-corrected chi connectivity index (χ0v) is 17.0. The average Bonchev–Trinajstić information content (AvgIpc) is 2.99. The van der Waals surface area contributed by atoms with Gasteiger partial charge >= 0.3 is 6.03 Å². The fraction of sp³-hybridized carbons (Fsp3) is 0.227. The third-order valence-corrected chi connectivity index (χ3v) is 4.90. The van der Waals surface area contributed by atoms with Gasteiger partial charge in [-0.15, -0.1) is 0 Å². The quantitative estimate of drug-likeness (QED) is 0.630. The highest BCUT2D eigenvalue weighted by Gasteiger charge is 2.11. The monoisotopic (exact) mass is 397 g/mol. The fourth-order valence-corrected chi connectivity index (χ4v) is 3.32. The van der Waals surface area contributed by atoms with E-state index in [-0.39, 0.29) is 6.03 Å². The molecule has 0 aliphatic carbocycles. The van der Waals surface area contributed by atoms with E-state index >= 15 is 0 Å². The number of urea groups is 1. The van der Waals surface area contributed by atoms with Crippen LogP contribution in [0.4, 0.5) is 4.79 Å². The molecule has 0 spiro atoms. The van der Waals surface area contributed by atoms with Gasteiger partial charge in [0.05, 0.1) is 7.11 Å². The minimum Gasteiger partial charge on any atom is -0.497 e. The van der Waals surface area contributed by atoms with Gasteiger partial charge in [-0.05, 0) is 67.4 Å². The molecule has 2 N–H and O–H groups in total. The molecule has 0 radical (unpaired) electrons. The number of aryl methyl sites for hydroxylation is 1. The van der Waals surface area contributed by atoms with Crippen LogP contribution < -0.4 is 15.4 Å². The SMILES string of the molecule is COc1cccc(CNC(=O)NCc2cc(C)n(-c3ccc(Cl)cc3)c2C)c1. The second-order valence-electron chi connectivity index (χ2n) is 6.60. The molecule has 0 bridgehead atoms. The van der Waals surface area contributed by atoms with E-state index in [9.17, 15) is 4.79 Å². The number of benzene rings is 2.